The molecule has 1 saturated carbocycles. The maximum atomic E-state index is 12.2. The van der Waals surface area contributed by atoms with Gasteiger partial charge in [-0.1, -0.05) is 18.2 Å². The summed E-state index contributed by atoms with van der Waals surface area (Å²) < 4.78 is 0. The molecule has 132 valence electrons. The lowest BCUT2D eigenvalue weighted by Crippen LogP contribution is -2.45. The lowest BCUT2D eigenvalue weighted by atomic mass is 9.95. The van der Waals surface area contributed by atoms with Crippen LogP contribution in [0.25, 0.3) is 0 Å². The van der Waals surface area contributed by atoms with E-state index in [1.165, 1.54) is 11.3 Å². The molecule has 25 heavy (non-hydrogen) atoms. The van der Waals surface area contributed by atoms with E-state index < -0.39 is 17.4 Å². The van der Waals surface area contributed by atoms with Crippen LogP contribution in [-0.4, -0.2) is 23.5 Å². The van der Waals surface area contributed by atoms with Crippen LogP contribution in [0.1, 0.15) is 28.8 Å². The number of thiophene rings is 1. The quantitative estimate of drug-likeness (QED) is 0.719. The van der Waals surface area contributed by atoms with E-state index in [2.05, 4.69) is 10.6 Å². The van der Waals surface area contributed by atoms with Crippen molar-refractivity contribution in [1.29, 1.82) is 0 Å². The van der Waals surface area contributed by atoms with Crippen molar-refractivity contribution in [3.63, 3.8) is 0 Å². The van der Waals surface area contributed by atoms with E-state index in [0.29, 0.717) is 5.69 Å². The predicted octanol–water partition coefficient (Wildman–Crippen LogP) is 2.72. The third-order valence-corrected chi connectivity index (χ3v) is 5.81. The normalized spacial score (nSPS) is 16.1. The third-order valence-electron chi connectivity index (χ3n) is 4.78. The Morgan fingerprint density at radius 1 is 1.20 bits per heavy atom. The number of benzene rings is 1. The highest BCUT2D eigenvalue weighted by atomic mass is 32.1. The van der Waals surface area contributed by atoms with Crippen molar-refractivity contribution in [3.8, 4) is 0 Å². The van der Waals surface area contributed by atoms with Crippen molar-refractivity contribution in [3.05, 3.63) is 51.7 Å². The van der Waals surface area contributed by atoms with Crippen molar-refractivity contribution in [2.75, 3.05) is 11.9 Å². The Hall–Kier alpha value is -2.18. The van der Waals surface area contributed by atoms with Gasteiger partial charge >= 0.3 is 11.8 Å². The minimum atomic E-state index is -1.09. The average molecular weight is 358 g/mol. The monoisotopic (exact) mass is 358 g/mol. The van der Waals surface area contributed by atoms with Gasteiger partial charge in [-0.15, -0.1) is 11.3 Å². The topological polar surface area (TPSA) is 78.4 Å². The SMILES string of the molecule is Cc1cccc(NC(=O)C(=O)NCC(O)(c2cccs2)C2CC2)c1C. The summed E-state index contributed by atoms with van der Waals surface area (Å²) in [6.07, 6.45) is 1.86. The van der Waals surface area contributed by atoms with Crippen LogP contribution < -0.4 is 10.6 Å². The van der Waals surface area contributed by atoms with Gasteiger partial charge in [-0.3, -0.25) is 9.59 Å². The number of aliphatic hydroxyl groups is 1. The molecule has 3 rings (SSSR count). The van der Waals surface area contributed by atoms with Crippen molar-refractivity contribution >= 4 is 28.8 Å². The van der Waals surface area contributed by atoms with Crippen molar-refractivity contribution in [1.82, 2.24) is 5.32 Å². The standard InChI is InChI=1S/C19H22N2O3S/c1-12-5-3-6-15(13(12)2)21-18(23)17(22)20-11-19(24,14-8-9-14)16-7-4-10-25-16/h3-7,10,14,24H,8-9,11H2,1-2H3,(H,20,22)(H,21,23). The Morgan fingerprint density at radius 2 is 1.96 bits per heavy atom. The Kier molecular flexibility index (Phi) is 4.92. The summed E-state index contributed by atoms with van der Waals surface area (Å²) in [7, 11) is 0. The van der Waals surface area contributed by atoms with Gasteiger partial charge in [0.25, 0.3) is 0 Å². The van der Waals surface area contributed by atoms with E-state index in [1.807, 2.05) is 43.5 Å². The number of carbonyl (C=O) groups excluding carboxylic acids is 2. The molecule has 0 aliphatic heterocycles. The molecule has 0 saturated heterocycles. The summed E-state index contributed by atoms with van der Waals surface area (Å²) in [5, 5.41) is 18.1. The number of nitrogens with one attached hydrogen (secondary N) is 2. The summed E-state index contributed by atoms with van der Waals surface area (Å²) in [5.41, 5.74) is 1.50. The fourth-order valence-corrected chi connectivity index (χ4v) is 3.78. The summed E-state index contributed by atoms with van der Waals surface area (Å²) in [5.74, 6) is -1.33. The molecule has 1 aromatic carbocycles. The van der Waals surface area contributed by atoms with E-state index in [0.717, 1.165) is 28.8 Å². The Balaban J connectivity index is 1.63. The third kappa shape index (κ3) is 3.75. The molecule has 1 aromatic heterocycles. The van der Waals surface area contributed by atoms with E-state index in [1.54, 1.807) is 6.07 Å². The van der Waals surface area contributed by atoms with Crippen LogP contribution in [-0.2, 0) is 15.2 Å². The number of amides is 2. The molecule has 1 aliphatic carbocycles. The predicted molar refractivity (Wildman–Crippen MR) is 98.5 cm³/mol. The molecule has 2 amide bonds. The fourth-order valence-electron chi connectivity index (χ4n) is 2.88. The van der Waals surface area contributed by atoms with Gasteiger partial charge in [0.05, 0.1) is 6.54 Å². The zero-order valence-corrected chi connectivity index (χ0v) is 15.2. The molecule has 0 radical (unpaired) electrons. The van der Waals surface area contributed by atoms with Gasteiger partial charge in [-0.05, 0) is 61.2 Å². The second-order valence-corrected chi connectivity index (χ2v) is 7.51. The number of carbonyl (C=O) groups is 2. The molecule has 6 heteroatoms. The maximum absolute atomic E-state index is 12.2. The molecule has 3 N–H and O–H groups in total. The Labute approximate surface area is 151 Å². The highest BCUT2D eigenvalue weighted by Gasteiger charge is 2.46. The molecule has 2 aromatic rings. The van der Waals surface area contributed by atoms with Gasteiger partial charge in [-0.2, -0.15) is 0 Å². The average Bonchev–Trinajstić information content (AvgIpc) is 3.31. The molecule has 1 aliphatic rings. The van der Waals surface area contributed by atoms with Gasteiger partial charge < -0.3 is 15.7 Å². The first kappa shape index (κ1) is 17.6. The van der Waals surface area contributed by atoms with Crippen LogP contribution in [0.3, 0.4) is 0 Å². The zero-order valence-electron chi connectivity index (χ0n) is 14.3. The van der Waals surface area contributed by atoms with Crippen LogP contribution >= 0.6 is 11.3 Å². The van der Waals surface area contributed by atoms with E-state index in [4.69, 9.17) is 0 Å². The van der Waals surface area contributed by atoms with Gasteiger partial charge in [0.15, 0.2) is 0 Å². The van der Waals surface area contributed by atoms with Crippen LogP contribution in [0.15, 0.2) is 35.7 Å². The number of rotatable bonds is 5. The smallest absolute Gasteiger partial charge is 0.313 e. The maximum Gasteiger partial charge on any atom is 0.313 e. The van der Waals surface area contributed by atoms with Gasteiger partial charge in [0.2, 0.25) is 0 Å². The minimum absolute atomic E-state index is 0.0389. The first-order chi connectivity index (χ1) is 11.9. The van der Waals surface area contributed by atoms with E-state index in [-0.39, 0.29) is 12.5 Å². The van der Waals surface area contributed by atoms with E-state index >= 15 is 0 Å². The lowest BCUT2D eigenvalue weighted by Gasteiger charge is -2.27. The number of hydrogen-bond acceptors (Lipinski definition) is 4. The van der Waals surface area contributed by atoms with Crippen LogP contribution in [0, 0.1) is 19.8 Å². The van der Waals surface area contributed by atoms with Gasteiger partial charge in [-0.25, -0.2) is 0 Å². The van der Waals surface area contributed by atoms with E-state index in [9.17, 15) is 14.7 Å². The van der Waals surface area contributed by atoms with Gasteiger partial charge in [0, 0.05) is 10.6 Å². The molecule has 0 bridgehead atoms. The molecule has 1 unspecified atom stereocenters. The summed E-state index contributed by atoms with van der Waals surface area (Å²) in [6.45, 7) is 3.88. The second-order valence-electron chi connectivity index (χ2n) is 6.56. The molecule has 1 heterocycles. The van der Waals surface area contributed by atoms with Crippen LogP contribution in [0.4, 0.5) is 5.69 Å². The molecule has 1 fully saturated rings. The molecule has 0 spiro atoms. The Morgan fingerprint density at radius 3 is 2.60 bits per heavy atom. The highest BCUT2D eigenvalue weighted by molar-refractivity contribution is 7.10. The molecule has 1 atom stereocenters. The fraction of sp³-hybridized carbons (Fsp3) is 0.368. The second kappa shape index (κ2) is 6.98. The zero-order chi connectivity index (χ0) is 18.0. The number of hydrogen-bond donors (Lipinski definition) is 3. The van der Waals surface area contributed by atoms with Crippen LogP contribution in [0.5, 0.6) is 0 Å². The first-order valence-electron chi connectivity index (χ1n) is 8.33. The van der Waals surface area contributed by atoms with Crippen molar-refractivity contribution in [2.24, 2.45) is 5.92 Å². The minimum Gasteiger partial charge on any atom is -0.382 e. The summed E-state index contributed by atoms with van der Waals surface area (Å²) in [6, 6.07) is 9.29. The summed E-state index contributed by atoms with van der Waals surface area (Å²) in [4.78, 5) is 25.2. The first-order valence-corrected chi connectivity index (χ1v) is 9.21. The lowest BCUT2D eigenvalue weighted by molar-refractivity contribution is -0.137. The van der Waals surface area contributed by atoms with Gasteiger partial charge in [0.1, 0.15) is 5.60 Å². The highest BCUT2D eigenvalue weighted by Crippen LogP contribution is 2.46. The molecule has 5 nitrogen and oxygen atoms in total. The number of aryl methyl sites for hydroxylation is 1. The molecular weight excluding hydrogens is 336 g/mol. The largest absolute Gasteiger partial charge is 0.382 e. The Bertz CT molecular complexity index is 784. The number of anilines is 1. The molecular formula is C19H22N2O3S. The summed E-state index contributed by atoms with van der Waals surface area (Å²) >= 11 is 1.46. The van der Waals surface area contributed by atoms with Crippen molar-refractivity contribution < 1.29 is 14.7 Å². The van der Waals surface area contributed by atoms with Crippen molar-refractivity contribution in [2.45, 2.75) is 32.3 Å². The van der Waals surface area contributed by atoms with Crippen LogP contribution in [0.2, 0.25) is 0 Å².